The van der Waals surface area contributed by atoms with Crippen molar-refractivity contribution in [2.45, 2.75) is 11.5 Å². The zero-order chi connectivity index (χ0) is 5.33. The van der Waals surface area contributed by atoms with Crippen LogP contribution in [0.5, 0.6) is 0 Å². The fourth-order valence-corrected chi connectivity index (χ4v) is 2.62. The molecule has 1 saturated heterocycles. The fourth-order valence-electron chi connectivity index (χ4n) is 0.352. The van der Waals surface area contributed by atoms with Gasteiger partial charge in [-0.15, -0.1) is 0 Å². The highest BCUT2D eigenvalue weighted by molar-refractivity contribution is 8.77. The molecule has 0 amide bonds. The molecule has 0 atom stereocenters. The quantitative estimate of drug-likeness (QED) is 0.376. The van der Waals surface area contributed by atoms with Crippen LogP contribution in [-0.4, -0.2) is 21.1 Å². The zero-order valence-corrected chi connectivity index (χ0v) is 5.26. The standard InChI is InChI=1S/C3H6O2S2/c4-3(5)1-2-6-7-3/h4-5H,1-2H2. The molecule has 0 spiro atoms. The summed E-state index contributed by atoms with van der Waals surface area (Å²) in [5.41, 5.74) is 0. The SMILES string of the molecule is OC1(O)CCSS1. The minimum atomic E-state index is -1.43. The van der Waals surface area contributed by atoms with E-state index in [4.69, 9.17) is 10.2 Å². The molecule has 0 aromatic rings. The zero-order valence-electron chi connectivity index (χ0n) is 3.63. The van der Waals surface area contributed by atoms with E-state index in [0.29, 0.717) is 6.42 Å². The van der Waals surface area contributed by atoms with Crippen LogP contribution in [0.4, 0.5) is 0 Å². The highest BCUT2D eigenvalue weighted by Gasteiger charge is 2.29. The van der Waals surface area contributed by atoms with E-state index in [2.05, 4.69) is 0 Å². The Labute approximate surface area is 49.7 Å². The first-order chi connectivity index (χ1) is 3.21. The largest absolute Gasteiger partial charge is 0.357 e. The van der Waals surface area contributed by atoms with Crippen molar-refractivity contribution in [3.8, 4) is 0 Å². The Kier molecular flexibility index (Phi) is 1.52. The molecular weight excluding hydrogens is 132 g/mol. The van der Waals surface area contributed by atoms with Crippen LogP contribution in [0.15, 0.2) is 0 Å². The molecule has 4 heteroatoms. The summed E-state index contributed by atoms with van der Waals surface area (Å²) in [7, 11) is 2.62. The summed E-state index contributed by atoms with van der Waals surface area (Å²) in [4.78, 5) is 0. The maximum Gasteiger partial charge on any atom is 0.223 e. The van der Waals surface area contributed by atoms with Gasteiger partial charge in [0.15, 0.2) is 0 Å². The van der Waals surface area contributed by atoms with E-state index in [1.807, 2.05) is 0 Å². The maximum atomic E-state index is 8.69. The Morgan fingerprint density at radius 3 is 2.29 bits per heavy atom. The Morgan fingerprint density at radius 1 is 1.43 bits per heavy atom. The van der Waals surface area contributed by atoms with Gasteiger partial charge < -0.3 is 10.2 Å². The van der Waals surface area contributed by atoms with Crippen LogP contribution in [0, 0.1) is 0 Å². The smallest absolute Gasteiger partial charge is 0.223 e. The average Bonchev–Trinajstić information content (AvgIpc) is 1.84. The summed E-state index contributed by atoms with van der Waals surface area (Å²) in [5, 5.41) is 16.0. The molecule has 0 bridgehead atoms. The lowest BCUT2D eigenvalue weighted by atomic mass is 10.5. The van der Waals surface area contributed by atoms with Gasteiger partial charge in [0.25, 0.3) is 0 Å². The Balaban J connectivity index is 2.40. The first kappa shape index (κ1) is 5.75. The number of aliphatic hydroxyl groups is 2. The molecular formula is C3H6O2S2. The van der Waals surface area contributed by atoms with Crippen molar-refractivity contribution in [1.29, 1.82) is 0 Å². The molecule has 0 saturated carbocycles. The van der Waals surface area contributed by atoms with Gasteiger partial charge >= 0.3 is 0 Å². The second kappa shape index (κ2) is 1.85. The van der Waals surface area contributed by atoms with Crippen LogP contribution in [-0.2, 0) is 0 Å². The fraction of sp³-hybridized carbons (Fsp3) is 1.00. The van der Waals surface area contributed by atoms with E-state index in [0.717, 1.165) is 16.5 Å². The van der Waals surface area contributed by atoms with E-state index in [-0.39, 0.29) is 0 Å². The highest BCUT2D eigenvalue weighted by Crippen LogP contribution is 2.42. The summed E-state index contributed by atoms with van der Waals surface area (Å²) in [5.74, 6) is 0.845. The molecule has 0 aromatic heterocycles. The number of rotatable bonds is 0. The number of hydrogen-bond acceptors (Lipinski definition) is 4. The van der Waals surface area contributed by atoms with Gasteiger partial charge in [-0.1, -0.05) is 10.8 Å². The van der Waals surface area contributed by atoms with Crippen molar-refractivity contribution in [1.82, 2.24) is 0 Å². The van der Waals surface area contributed by atoms with E-state index in [1.165, 1.54) is 10.8 Å². The minimum absolute atomic E-state index is 0.488. The Hall–Kier alpha value is 0.620. The van der Waals surface area contributed by atoms with E-state index in [9.17, 15) is 0 Å². The van der Waals surface area contributed by atoms with Crippen molar-refractivity contribution in [3.05, 3.63) is 0 Å². The lowest BCUT2D eigenvalue weighted by molar-refractivity contribution is -0.0735. The lowest BCUT2D eigenvalue weighted by Gasteiger charge is -2.08. The Morgan fingerprint density at radius 2 is 2.14 bits per heavy atom. The van der Waals surface area contributed by atoms with Crippen LogP contribution in [0.2, 0.25) is 0 Å². The topological polar surface area (TPSA) is 40.5 Å². The summed E-state index contributed by atoms with van der Waals surface area (Å²) < 4.78 is 0. The Bertz CT molecular complexity index is 65.3. The molecule has 0 unspecified atom stereocenters. The van der Waals surface area contributed by atoms with Gasteiger partial charge in [-0.05, 0) is 10.8 Å². The van der Waals surface area contributed by atoms with Gasteiger partial charge in [0.1, 0.15) is 0 Å². The van der Waals surface area contributed by atoms with Gasteiger partial charge in [0, 0.05) is 12.2 Å². The first-order valence-corrected chi connectivity index (χ1v) is 4.28. The lowest BCUT2D eigenvalue weighted by Crippen LogP contribution is -2.17. The van der Waals surface area contributed by atoms with Crippen molar-refractivity contribution < 1.29 is 10.2 Å². The predicted molar refractivity (Wildman–Crippen MR) is 31.8 cm³/mol. The molecule has 42 valence electrons. The van der Waals surface area contributed by atoms with Crippen LogP contribution in [0.3, 0.4) is 0 Å². The normalized spacial score (nSPS) is 28.3. The molecule has 2 N–H and O–H groups in total. The molecule has 1 fully saturated rings. The minimum Gasteiger partial charge on any atom is -0.357 e. The van der Waals surface area contributed by atoms with Crippen LogP contribution in [0.25, 0.3) is 0 Å². The third kappa shape index (κ3) is 1.53. The third-order valence-electron chi connectivity index (χ3n) is 0.703. The van der Waals surface area contributed by atoms with Crippen LogP contribution in [0.1, 0.15) is 6.42 Å². The van der Waals surface area contributed by atoms with Crippen LogP contribution < -0.4 is 0 Å². The second-order valence-corrected chi connectivity index (χ2v) is 4.07. The average molecular weight is 138 g/mol. The van der Waals surface area contributed by atoms with Gasteiger partial charge in [0.05, 0.1) is 0 Å². The third-order valence-corrected chi connectivity index (χ3v) is 3.32. The van der Waals surface area contributed by atoms with E-state index < -0.39 is 5.12 Å². The maximum absolute atomic E-state index is 8.69. The summed E-state index contributed by atoms with van der Waals surface area (Å²) >= 11 is 0. The van der Waals surface area contributed by atoms with E-state index in [1.54, 1.807) is 0 Å². The number of hydrogen-bond donors (Lipinski definition) is 2. The predicted octanol–water partition coefficient (Wildman–Crippen LogP) is 0.410. The molecule has 2 nitrogen and oxygen atoms in total. The first-order valence-electron chi connectivity index (χ1n) is 1.96. The van der Waals surface area contributed by atoms with Crippen molar-refractivity contribution in [2.75, 3.05) is 5.75 Å². The van der Waals surface area contributed by atoms with Crippen molar-refractivity contribution >= 4 is 21.6 Å². The molecule has 7 heavy (non-hydrogen) atoms. The second-order valence-electron chi connectivity index (χ2n) is 1.40. The summed E-state index contributed by atoms with van der Waals surface area (Å²) in [6, 6.07) is 0. The molecule has 1 heterocycles. The molecule has 0 aromatic carbocycles. The molecule has 0 aliphatic carbocycles. The summed E-state index contributed by atoms with van der Waals surface area (Å²) in [6.45, 7) is 0. The van der Waals surface area contributed by atoms with Crippen molar-refractivity contribution in [3.63, 3.8) is 0 Å². The summed E-state index contributed by atoms with van der Waals surface area (Å²) in [6.07, 6.45) is 0.488. The molecule has 1 aliphatic heterocycles. The monoisotopic (exact) mass is 138 g/mol. The van der Waals surface area contributed by atoms with E-state index >= 15 is 0 Å². The van der Waals surface area contributed by atoms with Gasteiger partial charge in [-0.2, -0.15) is 0 Å². The van der Waals surface area contributed by atoms with Gasteiger partial charge in [-0.25, -0.2) is 0 Å². The van der Waals surface area contributed by atoms with Crippen molar-refractivity contribution in [2.24, 2.45) is 0 Å². The highest BCUT2D eigenvalue weighted by atomic mass is 33.1. The van der Waals surface area contributed by atoms with Gasteiger partial charge in [0.2, 0.25) is 5.12 Å². The van der Waals surface area contributed by atoms with Crippen LogP contribution >= 0.6 is 21.6 Å². The molecule has 1 rings (SSSR count). The molecule has 0 radical (unpaired) electrons. The van der Waals surface area contributed by atoms with Gasteiger partial charge in [-0.3, -0.25) is 0 Å². The molecule has 1 aliphatic rings.